The smallest absolute Gasteiger partial charge is 0.164 e. The molecule has 0 aliphatic carbocycles. The number of benzene rings is 1. The maximum atomic E-state index is 12.0. The molecule has 2 rings (SSSR count). The maximum absolute atomic E-state index is 12.0. The highest BCUT2D eigenvalue weighted by Crippen LogP contribution is 2.17. The minimum Gasteiger partial charge on any atom is -0.395 e. The number of aliphatic hydroxyl groups excluding tert-OH is 1. The van der Waals surface area contributed by atoms with E-state index in [9.17, 15) is 9.90 Å². The minimum absolute atomic E-state index is 0.134. The van der Waals surface area contributed by atoms with Crippen LogP contribution in [0, 0.1) is 0 Å². The van der Waals surface area contributed by atoms with E-state index in [0.717, 1.165) is 25.9 Å². The summed E-state index contributed by atoms with van der Waals surface area (Å²) in [7, 11) is 0. The topological polar surface area (TPSA) is 40.5 Å². The Balaban J connectivity index is 1.86. The molecule has 0 radical (unpaired) electrons. The van der Waals surface area contributed by atoms with Crippen molar-refractivity contribution in [3.8, 4) is 0 Å². The molecule has 0 spiro atoms. The first-order valence-corrected chi connectivity index (χ1v) is 6.72. The predicted molar refractivity (Wildman–Crippen MR) is 72.1 cm³/mol. The van der Waals surface area contributed by atoms with Crippen LogP contribution in [0.3, 0.4) is 0 Å². The van der Waals surface area contributed by atoms with Crippen LogP contribution in [0.2, 0.25) is 5.02 Å². The van der Waals surface area contributed by atoms with E-state index in [1.807, 2.05) is 0 Å². The maximum Gasteiger partial charge on any atom is 0.164 e. The van der Waals surface area contributed by atoms with E-state index in [0.29, 0.717) is 17.0 Å². The molecule has 3 nitrogen and oxygen atoms in total. The number of hydrogen-bond donors (Lipinski definition) is 1. The lowest BCUT2D eigenvalue weighted by Gasteiger charge is -2.21. The van der Waals surface area contributed by atoms with Gasteiger partial charge in [-0.1, -0.05) is 11.6 Å². The third-order valence-electron chi connectivity index (χ3n) is 3.50. The SMILES string of the molecule is O=C(CCN1CCCC1CO)c1ccc(Cl)cc1. The van der Waals surface area contributed by atoms with E-state index in [1.54, 1.807) is 24.3 Å². The normalized spacial score (nSPS) is 20.2. The molecule has 18 heavy (non-hydrogen) atoms. The van der Waals surface area contributed by atoms with Crippen LogP contribution in [0.5, 0.6) is 0 Å². The van der Waals surface area contributed by atoms with Gasteiger partial charge in [-0.25, -0.2) is 0 Å². The van der Waals surface area contributed by atoms with Gasteiger partial charge in [0, 0.05) is 29.6 Å². The summed E-state index contributed by atoms with van der Waals surface area (Å²) in [6, 6.07) is 7.24. The molecule has 1 atom stereocenters. The van der Waals surface area contributed by atoms with E-state index in [2.05, 4.69) is 4.90 Å². The standard InChI is InChI=1S/C14H18ClNO2/c15-12-5-3-11(4-6-12)14(18)7-9-16-8-1-2-13(16)10-17/h3-6,13,17H,1-2,7-10H2. The Kier molecular flexibility index (Phi) is 4.75. The number of carbonyl (C=O) groups is 1. The van der Waals surface area contributed by atoms with E-state index in [4.69, 9.17) is 11.6 Å². The monoisotopic (exact) mass is 267 g/mol. The van der Waals surface area contributed by atoms with Crippen molar-refractivity contribution in [1.29, 1.82) is 0 Å². The van der Waals surface area contributed by atoms with Gasteiger partial charge < -0.3 is 5.11 Å². The van der Waals surface area contributed by atoms with Crippen LogP contribution >= 0.6 is 11.6 Å². The second kappa shape index (κ2) is 6.32. The van der Waals surface area contributed by atoms with Gasteiger partial charge in [0.05, 0.1) is 6.61 Å². The second-order valence-corrected chi connectivity index (χ2v) is 5.13. The van der Waals surface area contributed by atoms with Crippen LogP contribution < -0.4 is 0 Å². The summed E-state index contributed by atoms with van der Waals surface area (Å²) in [6.45, 7) is 1.90. The van der Waals surface area contributed by atoms with Gasteiger partial charge in [0.25, 0.3) is 0 Å². The first-order chi connectivity index (χ1) is 8.70. The summed E-state index contributed by atoms with van der Waals surface area (Å²) in [5.74, 6) is 0.134. The van der Waals surface area contributed by atoms with Crippen molar-refractivity contribution in [2.45, 2.75) is 25.3 Å². The molecule has 0 amide bonds. The summed E-state index contributed by atoms with van der Waals surface area (Å²) in [4.78, 5) is 14.2. The van der Waals surface area contributed by atoms with E-state index < -0.39 is 0 Å². The molecule has 4 heteroatoms. The van der Waals surface area contributed by atoms with Gasteiger partial charge in [0.2, 0.25) is 0 Å². The first kappa shape index (κ1) is 13.5. The highest BCUT2D eigenvalue weighted by Gasteiger charge is 2.23. The number of nitrogens with zero attached hydrogens (tertiary/aromatic N) is 1. The Labute approximate surface area is 112 Å². The molecular weight excluding hydrogens is 250 g/mol. The average Bonchev–Trinajstić information content (AvgIpc) is 2.84. The zero-order valence-corrected chi connectivity index (χ0v) is 11.1. The van der Waals surface area contributed by atoms with Crippen molar-refractivity contribution < 1.29 is 9.90 Å². The van der Waals surface area contributed by atoms with Crippen molar-refractivity contribution >= 4 is 17.4 Å². The summed E-state index contributed by atoms with van der Waals surface area (Å²) in [5, 5.41) is 9.85. The van der Waals surface area contributed by atoms with E-state index in [-0.39, 0.29) is 18.4 Å². The second-order valence-electron chi connectivity index (χ2n) is 4.69. The molecule has 1 N–H and O–H groups in total. The fourth-order valence-electron chi connectivity index (χ4n) is 2.42. The van der Waals surface area contributed by atoms with Gasteiger partial charge in [-0.05, 0) is 43.7 Å². The van der Waals surface area contributed by atoms with E-state index in [1.165, 1.54) is 0 Å². The number of Topliss-reactive ketones (excluding diaryl/α,β-unsaturated/α-hetero) is 1. The molecule has 1 aliphatic rings. The van der Waals surface area contributed by atoms with Crippen LogP contribution in [0.4, 0.5) is 0 Å². The van der Waals surface area contributed by atoms with Crippen molar-refractivity contribution in [3.63, 3.8) is 0 Å². The molecule has 1 aromatic carbocycles. The Morgan fingerprint density at radius 2 is 2.11 bits per heavy atom. The molecule has 0 saturated carbocycles. The number of likely N-dealkylation sites (tertiary alicyclic amines) is 1. The number of halogens is 1. The van der Waals surface area contributed by atoms with Gasteiger partial charge in [0.1, 0.15) is 0 Å². The fraction of sp³-hybridized carbons (Fsp3) is 0.500. The number of hydrogen-bond acceptors (Lipinski definition) is 3. The number of ketones is 1. The summed E-state index contributed by atoms with van der Waals surface area (Å²) in [5.41, 5.74) is 0.708. The van der Waals surface area contributed by atoms with Crippen molar-refractivity contribution in [3.05, 3.63) is 34.9 Å². The highest BCUT2D eigenvalue weighted by atomic mass is 35.5. The van der Waals surface area contributed by atoms with Gasteiger partial charge in [-0.2, -0.15) is 0 Å². The Morgan fingerprint density at radius 3 is 2.78 bits per heavy atom. The largest absolute Gasteiger partial charge is 0.395 e. The summed E-state index contributed by atoms with van der Waals surface area (Å²) >= 11 is 5.79. The third-order valence-corrected chi connectivity index (χ3v) is 3.75. The van der Waals surface area contributed by atoms with Gasteiger partial charge >= 0.3 is 0 Å². The molecule has 1 aromatic rings. The number of rotatable bonds is 5. The molecule has 1 saturated heterocycles. The van der Waals surface area contributed by atoms with E-state index >= 15 is 0 Å². The van der Waals surface area contributed by atoms with Crippen LogP contribution in [0.15, 0.2) is 24.3 Å². The third kappa shape index (κ3) is 3.31. The Morgan fingerprint density at radius 1 is 1.39 bits per heavy atom. The zero-order valence-electron chi connectivity index (χ0n) is 10.3. The van der Waals surface area contributed by atoms with Crippen molar-refractivity contribution in [2.75, 3.05) is 19.7 Å². The lowest BCUT2D eigenvalue weighted by Crippen LogP contribution is -2.33. The van der Waals surface area contributed by atoms with Crippen LogP contribution in [-0.4, -0.2) is 41.5 Å². The molecule has 1 aliphatic heterocycles. The lowest BCUT2D eigenvalue weighted by molar-refractivity contribution is 0.0946. The molecule has 98 valence electrons. The lowest BCUT2D eigenvalue weighted by atomic mass is 10.1. The molecule has 1 unspecified atom stereocenters. The predicted octanol–water partition coefficient (Wildman–Crippen LogP) is 2.37. The Hall–Kier alpha value is -0.900. The highest BCUT2D eigenvalue weighted by molar-refractivity contribution is 6.30. The van der Waals surface area contributed by atoms with Gasteiger partial charge in [0.15, 0.2) is 5.78 Å². The average molecular weight is 268 g/mol. The molecule has 1 heterocycles. The van der Waals surface area contributed by atoms with Crippen molar-refractivity contribution in [2.24, 2.45) is 0 Å². The van der Waals surface area contributed by atoms with Crippen LogP contribution in [-0.2, 0) is 0 Å². The quantitative estimate of drug-likeness (QED) is 0.833. The van der Waals surface area contributed by atoms with Gasteiger partial charge in [-0.3, -0.25) is 9.69 Å². The summed E-state index contributed by atoms with van der Waals surface area (Å²) in [6.07, 6.45) is 2.64. The summed E-state index contributed by atoms with van der Waals surface area (Å²) < 4.78 is 0. The molecule has 1 fully saturated rings. The van der Waals surface area contributed by atoms with Gasteiger partial charge in [-0.15, -0.1) is 0 Å². The van der Waals surface area contributed by atoms with Crippen LogP contribution in [0.25, 0.3) is 0 Å². The number of carbonyl (C=O) groups excluding carboxylic acids is 1. The fourth-order valence-corrected chi connectivity index (χ4v) is 2.55. The zero-order chi connectivity index (χ0) is 13.0. The minimum atomic E-state index is 0.134. The Bertz CT molecular complexity index is 405. The van der Waals surface area contributed by atoms with Crippen LogP contribution in [0.1, 0.15) is 29.6 Å². The molecule has 0 aromatic heterocycles. The van der Waals surface area contributed by atoms with Crippen molar-refractivity contribution in [1.82, 2.24) is 4.90 Å². The number of aliphatic hydroxyl groups is 1. The molecular formula is C14H18ClNO2. The first-order valence-electron chi connectivity index (χ1n) is 6.34. The molecule has 0 bridgehead atoms.